The van der Waals surface area contributed by atoms with Gasteiger partial charge in [-0.2, -0.15) is 0 Å². The molecule has 0 saturated heterocycles. The van der Waals surface area contributed by atoms with Crippen LogP contribution < -0.4 is 4.74 Å². The summed E-state index contributed by atoms with van der Waals surface area (Å²) in [6.07, 6.45) is 1.56. The van der Waals surface area contributed by atoms with Crippen LogP contribution in [-0.4, -0.2) is 16.8 Å². The Labute approximate surface area is 182 Å². The third kappa shape index (κ3) is 4.54. The third-order valence-electron chi connectivity index (χ3n) is 4.80. The molecule has 1 aliphatic rings. The van der Waals surface area contributed by atoms with Gasteiger partial charge in [-0.15, -0.1) is 0 Å². The highest BCUT2D eigenvalue weighted by Crippen LogP contribution is 2.24. The van der Waals surface area contributed by atoms with Crippen molar-refractivity contribution in [2.45, 2.75) is 13.5 Å². The van der Waals surface area contributed by atoms with Crippen LogP contribution in [0.25, 0.3) is 6.08 Å². The lowest BCUT2D eigenvalue weighted by Crippen LogP contribution is -2.06. The van der Waals surface area contributed by atoms with Crippen molar-refractivity contribution in [2.75, 3.05) is 0 Å². The number of esters is 1. The molecule has 1 aliphatic heterocycles. The molecule has 32 heavy (non-hydrogen) atoms. The molecule has 0 bridgehead atoms. The van der Waals surface area contributed by atoms with E-state index in [2.05, 4.69) is 4.99 Å². The van der Waals surface area contributed by atoms with Crippen molar-refractivity contribution in [1.82, 2.24) is 0 Å². The van der Waals surface area contributed by atoms with Crippen molar-refractivity contribution in [3.8, 4) is 5.75 Å². The van der Waals surface area contributed by atoms with Crippen molar-refractivity contribution >= 4 is 23.6 Å². The molecule has 3 aromatic carbocycles. The number of hydrogen-bond donors (Lipinski definition) is 0. The van der Waals surface area contributed by atoms with Crippen molar-refractivity contribution in [1.29, 1.82) is 0 Å². The van der Waals surface area contributed by atoms with Crippen molar-refractivity contribution in [3.05, 3.63) is 111 Å². The second-order valence-corrected chi connectivity index (χ2v) is 7.04. The normalized spacial score (nSPS) is 14.2. The number of nitrogens with zero attached hydrogens (tertiary/aromatic N) is 2. The highest BCUT2D eigenvalue weighted by Gasteiger charge is 2.25. The molecule has 0 amide bonds. The molecule has 0 atom stereocenters. The first-order valence-corrected chi connectivity index (χ1v) is 9.65. The van der Waals surface area contributed by atoms with Crippen LogP contribution in [0.5, 0.6) is 5.75 Å². The number of ether oxygens (including phenoxy) is 2. The van der Waals surface area contributed by atoms with E-state index in [0.717, 1.165) is 0 Å². The van der Waals surface area contributed by atoms with Crippen LogP contribution in [-0.2, 0) is 16.1 Å². The van der Waals surface area contributed by atoms with Gasteiger partial charge in [-0.05, 0) is 48.9 Å². The lowest BCUT2D eigenvalue weighted by molar-refractivity contribution is -0.385. The standard InChI is InChI=1S/C24H17FN2O5/c1-15-12-17(8-11-22(15)27(29)30)23-26-21(24(28)32-23)13-16-6-9-19(10-7-16)31-14-18-4-2-3-5-20(18)25/h2-13H,14H2,1H3/b21-13-. The van der Waals surface area contributed by atoms with E-state index in [-0.39, 0.29) is 29.7 Å². The number of nitro benzene ring substituents is 1. The van der Waals surface area contributed by atoms with Gasteiger partial charge in [0.1, 0.15) is 18.2 Å². The first-order chi connectivity index (χ1) is 15.4. The van der Waals surface area contributed by atoms with E-state index in [1.54, 1.807) is 61.5 Å². The van der Waals surface area contributed by atoms with Gasteiger partial charge in [0.15, 0.2) is 5.70 Å². The molecular formula is C24H17FN2O5. The van der Waals surface area contributed by atoms with E-state index in [1.807, 2.05) is 0 Å². The molecule has 0 aromatic heterocycles. The molecule has 0 saturated carbocycles. The fraction of sp³-hybridized carbons (Fsp3) is 0.0833. The Morgan fingerprint density at radius 2 is 1.88 bits per heavy atom. The summed E-state index contributed by atoms with van der Waals surface area (Å²) in [7, 11) is 0. The van der Waals surface area contributed by atoms with Gasteiger partial charge in [-0.25, -0.2) is 14.2 Å². The molecule has 4 rings (SSSR count). The van der Waals surface area contributed by atoms with Gasteiger partial charge in [-0.1, -0.05) is 30.3 Å². The Hall–Kier alpha value is -4.33. The summed E-state index contributed by atoms with van der Waals surface area (Å²) >= 11 is 0. The minimum Gasteiger partial charge on any atom is -0.489 e. The fourth-order valence-corrected chi connectivity index (χ4v) is 3.12. The van der Waals surface area contributed by atoms with E-state index in [4.69, 9.17) is 9.47 Å². The van der Waals surface area contributed by atoms with Gasteiger partial charge in [-0.3, -0.25) is 10.1 Å². The first kappa shape index (κ1) is 20.9. The summed E-state index contributed by atoms with van der Waals surface area (Å²) in [5, 5.41) is 11.0. The molecular weight excluding hydrogens is 415 g/mol. The summed E-state index contributed by atoms with van der Waals surface area (Å²) in [5.74, 6) is -0.305. The second-order valence-electron chi connectivity index (χ2n) is 7.04. The summed E-state index contributed by atoms with van der Waals surface area (Å²) < 4.78 is 24.5. The van der Waals surface area contributed by atoms with Gasteiger partial charge in [0, 0.05) is 22.8 Å². The maximum atomic E-state index is 13.7. The second kappa shape index (κ2) is 8.81. The zero-order valence-corrected chi connectivity index (χ0v) is 16.9. The number of halogens is 1. The number of aryl methyl sites for hydroxylation is 1. The Morgan fingerprint density at radius 3 is 2.56 bits per heavy atom. The Kier molecular flexibility index (Phi) is 5.76. The Bertz CT molecular complexity index is 1270. The van der Waals surface area contributed by atoms with Crippen molar-refractivity contribution in [3.63, 3.8) is 0 Å². The monoisotopic (exact) mass is 432 g/mol. The van der Waals surface area contributed by atoms with Gasteiger partial charge in [0.2, 0.25) is 5.90 Å². The van der Waals surface area contributed by atoms with E-state index in [0.29, 0.717) is 28.0 Å². The number of rotatable bonds is 6. The minimum absolute atomic E-state index is 0.0215. The van der Waals surface area contributed by atoms with E-state index >= 15 is 0 Å². The fourth-order valence-electron chi connectivity index (χ4n) is 3.12. The summed E-state index contributed by atoms with van der Waals surface area (Å²) in [6.45, 7) is 1.70. The minimum atomic E-state index is -0.615. The Balaban J connectivity index is 1.48. The maximum absolute atomic E-state index is 13.7. The predicted octanol–water partition coefficient (Wildman–Crippen LogP) is 4.97. The molecule has 7 nitrogen and oxygen atoms in total. The molecule has 0 radical (unpaired) electrons. The average Bonchev–Trinajstić information content (AvgIpc) is 3.14. The lowest BCUT2D eigenvalue weighted by Gasteiger charge is -2.07. The highest BCUT2D eigenvalue weighted by molar-refractivity contribution is 6.13. The van der Waals surface area contributed by atoms with Crippen LogP contribution in [0, 0.1) is 22.9 Å². The van der Waals surface area contributed by atoms with Gasteiger partial charge < -0.3 is 9.47 Å². The summed E-state index contributed by atoms with van der Waals surface area (Å²) in [4.78, 5) is 26.9. The summed E-state index contributed by atoms with van der Waals surface area (Å²) in [5.41, 5.74) is 2.15. The molecule has 0 N–H and O–H groups in total. The van der Waals surface area contributed by atoms with Crippen LogP contribution in [0.4, 0.5) is 10.1 Å². The zero-order valence-electron chi connectivity index (χ0n) is 16.9. The average molecular weight is 432 g/mol. The first-order valence-electron chi connectivity index (χ1n) is 9.65. The number of cyclic esters (lactones) is 1. The van der Waals surface area contributed by atoms with Crippen molar-refractivity contribution < 1.29 is 23.6 Å². The highest BCUT2D eigenvalue weighted by atomic mass is 19.1. The lowest BCUT2D eigenvalue weighted by atomic mass is 10.1. The number of carbonyl (C=O) groups excluding carboxylic acids is 1. The molecule has 3 aromatic rings. The van der Waals surface area contributed by atoms with Crippen LogP contribution in [0.2, 0.25) is 0 Å². The van der Waals surface area contributed by atoms with Crippen LogP contribution in [0.1, 0.15) is 22.3 Å². The predicted molar refractivity (Wildman–Crippen MR) is 116 cm³/mol. The molecule has 0 unspecified atom stereocenters. The molecule has 0 aliphatic carbocycles. The number of hydrogen-bond acceptors (Lipinski definition) is 6. The molecule has 160 valence electrons. The van der Waals surface area contributed by atoms with Gasteiger partial charge in [0.25, 0.3) is 5.69 Å². The quantitative estimate of drug-likeness (QED) is 0.237. The molecule has 0 fully saturated rings. The largest absolute Gasteiger partial charge is 0.489 e. The number of carbonyl (C=O) groups is 1. The van der Waals surface area contributed by atoms with Gasteiger partial charge >= 0.3 is 5.97 Å². The molecule has 8 heteroatoms. The number of nitro groups is 1. The van der Waals surface area contributed by atoms with E-state index in [9.17, 15) is 19.3 Å². The zero-order chi connectivity index (χ0) is 22.7. The number of benzene rings is 3. The van der Waals surface area contributed by atoms with Crippen LogP contribution >= 0.6 is 0 Å². The summed E-state index contributed by atoms with van der Waals surface area (Å²) in [6, 6.07) is 17.7. The van der Waals surface area contributed by atoms with Crippen molar-refractivity contribution in [2.24, 2.45) is 4.99 Å². The molecule has 0 spiro atoms. The number of aliphatic imine (C=N–C) groups is 1. The van der Waals surface area contributed by atoms with E-state index < -0.39 is 10.9 Å². The van der Waals surface area contributed by atoms with Gasteiger partial charge in [0.05, 0.1) is 4.92 Å². The molecule has 1 heterocycles. The maximum Gasteiger partial charge on any atom is 0.363 e. The van der Waals surface area contributed by atoms with Crippen LogP contribution in [0.3, 0.4) is 0 Å². The van der Waals surface area contributed by atoms with E-state index in [1.165, 1.54) is 18.2 Å². The third-order valence-corrected chi connectivity index (χ3v) is 4.80. The van der Waals surface area contributed by atoms with Crippen LogP contribution in [0.15, 0.2) is 77.4 Å². The Morgan fingerprint density at radius 1 is 1.12 bits per heavy atom. The smallest absolute Gasteiger partial charge is 0.363 e. The topological polar surface area (TPSA) is 91.0 Å². The SMILES string of the molecule is Cc1cc(C2=N/C(=C\c3ccc(OCc4ccccc4F)cc3)C(=O)O2)ccc1[N+](=O)[O-].